The minimum atomic E-state index is -1.17. The zero-order valence-electron chi connectivity index (χ0n) is 3.30. The molecule has 1 rings (SSSR count). The second kappa shape index (κ2) is 4.07. The van der Waals surface area contributed by atoms with Crippen LogP contribution in [0.4, 0.5) is 0 Å². The Morgan fingerprint density at radius 3 is 1.50 bits per heavy atom. The molecule has 6 heteroatoms. The molecule has 0 atom stereocenters. The second-order valence-corrected chi connectivity index (χ2v) is 0.481. The van der Waals surface area contributed by atoms with Gasteiger partial charge in [0.05, 0.1) is 0 Å². The third-order valence-electron chi connectivity index (χ3n) is 0.175. The van der Waals surface area contributed by atoms with Crippen molar-refractivity contribution in [1.29, 1.82) is 0 Å². The van der Waals surface area contributed by atoms with Crippen LogP contribution in [0.5, 0.6) is 0 Å². The van der Waals surface area contributed by atoms with Crippen LogP contribution < -0.4 is 34.6 Å². The molecule has 2 N–H and O–H groups in total. The predicted molar refractivity (Wildman–Crippen MR) is 11.5 cm³/mol. The summed E-state index contributed by atoms with van der Waals surface area (Å²) in [4.78, 5) is 7.31. The van der Waals surface area contributed by atoms with E-state index in [-0.39, 0.29) is 35.0 Å². The van der Waals surface area contributed by atoms with Gasteiger partial charge in [0.25, 0.3) is 0 Å². The monoisotopic (exact) mass is 100.0 g/mol. The largest absolute Gasteiger partial charge is 1.00 e. The predicted octanol–water partition coefficient (Wildman–Crippen LogP) is -5.53. The van der Waals surface area contributed by atoms with Crippen molar-refractivity contribution >= 4 is 7.32 Å². The van der Waals surface area contributed by atoms with Gasteiger partial charge in [-0.05, 0) is 0 Å². The van der Waals surface area contributed by atoms with Crippen molar-refractivity contribution in [3.63, 3.8) is 0 Å². The van der Waals surface area contributed by atoms with Crippen LogP contribution in [-0.2, 0) is 9.61 Å². The van der Waals surface area contributed by atoms with Gasteiger partial charge in [0.1, 0.15) is 0 Å². The van der Waals surface area contributed by atoms with Crippen LogP contribution in [0, 0.1) is 0 Å². The molecule has 6 heavy (non-hydrogen) atoms. The molecule has 30 valence electrons. The summed E-state index contributed by atoms with van der Waals surface area (Å²) in [6, 6.07) is 0. The van der Waals surface area contributed by atoms with Gasteiger partial charge in [-0.2, -0.15) is 0 Å². The summed E-state index contributed by atoms with van der Waals surface area (Å²) < 4.78 is 0. The minimum Gasteiger partial charge on any atom is -0.828 e. The van der Waals surface area contributed by atoms with Crippen molar-refractivity contribution in [2.45, 2.75) is 0 Å². The van der Waals surface area contributed by atoms with E-state index in [1.807, 2.05) is 0 Å². The van der Waals surface area contributed by atoms with Gasteiger partial charge < -0.3 is 10.5 Å². The average Bonchev–Trinajstić information content (AvgIpc) is 1.75. The Morgan fingerprint density at radius 1 is 1.33 bits per heavy atom. The first-order valence-corrected chi connectivity index (χ1v) is 0.874. The SMILES string of the molecule is O.[Na+].[O-]B1OO1. The van der Waals surface area contributed by atoms with Crippen LogP contribution in [0.2, 0.25) is 0 Å². The number of rotatable bonds is 0. The van der Waals surface area contributed by atoms with Gasteiger partial charge >= 0.3 is 36.9 Å². The molecule has 0 aromatic heterocycles. The topological polar surface area (TPSA) is 79.6 Å². The molecule has 0 radical (unpaired) electrons. The molecule has 1 fully saturated rings. The molecule has 1 aliphatic rings. The zero-order valence-corrected chi connectivity index (χ0v) is 5.30. The van der Waals surface area contributed by atoms with Gasteiger partial charge in [-0.15, -0.1) is 0 Å². The minimum absolute atomic E-state index is 0. The zero-order chi connectivity index (χ0) is 2.99. The summed E-state index contributed by atoms with van der Waals surface area (Å²) >= 11 is 0. The molecule has 4 nitrogen and oxygen atoms in total. The van der Waals surface area contributed by atoms with Crippen LogP contribution in [0.3, 0.4) is 0 Å². The van der Waals surface area contributed by atoms with Crippen LogP contribution in [0.15, 0.2) is 0 Å². The summed E-state index contributed by atoms with van der Waals surface area (Å²) in [6.07, 6.45) is 0. The van der Waals surface area contributed by atoms with Gasteiger partial charge in [0, 0.05) is 0 Å². The summed E-state index contributed by atoms with van der Waals surface area (Å²) in [5.74, 6) is 0. The van der Waals surface area contributed by atoms with Crippen LogP contribution in [-0.4, -0.2) is 12.8 Å². The van der Waals surface area contributed by atoms with Crippen molar-refractivity contribution in [2.75, 3.05) is 0 Å². The average molecular weight is 99.8 g/mol. The molecule has 0 unspecified atom stereocenters. The molecule has 0 amide bonds. The molecule has 0 aliphatic carbocycles. The Hall–Kier alpha value is 0.905. The fraction of sp³-hybridized carbons (Fsp3) is 0. The van der Waals surface area contributed by atoms with Gasteiger partial charge in [0.2, 0.25) is 0 Å². The van der Waals surface area contributed by atoms with Gasteiger partial charge in [0.15, 0.2) is 0 Å². The van der Waals surface area contributed by atoms with E-state index >= 15 is 0 Å². The molecule has 1 aliphatic heterocycles. The maximum absolute atomic E-state index is 9.19. The summed E-state index contributed by atoms with van der Waals surface area (Å²) in [5, 5.41) is 9.19. The third kappa shape index (κ3) is 4.90. The van der Waals surface area contributed by atoms with Gasteiger partial charge in [-0.3, -0.25) is 9.61 Å². The molecule has 0 spiro atoms. The van der Waals surface area contributed by atoms with Crippen molar-refractivity contribution in [3.8, 4) is 0 Å². The molecular weight excluding hydrogens is 97.8 g/mol. The van der Waals surface area contributed by atoms with E-state index in [0.717, 1.165) is 0 Å². The molecule has 1 saturated heterocycles. The van der Waals surface area contributed by atoms with E-state index in [4.69, 9.17) is 0 Å². The standard InChI is InChI=1S/BO3.Na.H2O/c2-1-3-4-1;;/h;;1H2/q-1;+1;. The van der Waals surface area contributed by atoms with E-state index in [1.54, 1.807) is 0 Å². The van der Waals surface area contributed by atoms with Crippen molar-refractivity contribution < 1.29 is 49.7 Å². The molecule has 0 aromatic rings. The first-order valence-electron chi connectivity index (χ1n) is 0.874. The fourth-order valence-corrected chi connectivity index (χ4v) is 0.0227. The van der Waals surface area contributed by atoms with Gasteiger partial charge in [-0.25, -0.2) is 0 Å². The fourth-order valence-electron chi connectivity index (χ4n) is 0.0227. The van der Waals surface area contributed by atoms with Crippen LogP contribution in [0.25, 0.3) is 0 Å². The normalized spacial score (nSPS) is 14.5. The summed E-state index contributed by atoms with van der Waals surface area (Å²) in [6.45, 7) is 0. The van der Waals surface area contributed by atoms with Crippen molar-refractivity contribution in [3.05, 3.63) is 0 Å². The molecule has 1 heterocycles. The Balaban J connectivity index is 0. The molecule has 0 bridgehead atoms. The number of hydrogen-bond acceptors (Lipinski definition) is 3. The van der Waals surface area contributed by atoms with Crippen LogP contribution in [0.1, 0.15) is 0 Å². The Morgan fingerprint density at radius 2 is 1.50 bits per heavy atom. The number of hydrogen-bond donors (Lipinski definition) is 0. The smallest absolute Gasteiger partial charge is 0.828 e. The van der Waals surface area contributed by atoms with Gasteiger partial charge in [-0.1, -0.05) is 0 Å². The first kappa shape index (κ1) is 10.0. The van der Waals surface area contributed by atoms with Crippen LogP contribution >= 0.6 is 0 Å². The van der Waals surface area contributed by atoms with E-state index < -0.39 is 7.32 Å². The Kier molecular flexibility index (Phi) is 6.80. The second-order valence-electron chi connectivity index (χ2n) is 0.481. The first-order chi connectivity index (χ1) is 1.89. The molecule has 0 saturated carbocycles. The van der Waals surface area contributed by atoms with E-state index in [9.17, 15) is 5.02 Å². The van der Waals surface area contributed by atoms with Crippen molar-refractivity contribution in [1.82, 2.24) is 0 Å². The summed E-state index contributed by atoms with van der Waals surface area (Å²) in [5.41, 5.74) is 0. The van der Waals surface area contributed by atoms with E-state index in [2.05, 4.69) is 9.61 Å². The van der Waals surface area contributed by atoms with Crippen molar-refractivity contribution in [2.24, 2.45) is 0 Å². The Labute approximate surface area is 57.1 Å². The summed E-state index contributed by atoms with van der Waals surface area (Å²) in [7, 11) is -1.17. The van der Waals surface area contributed by atoms with E-state index in [1.165, 1.54) is 0 Å². The maximum Gasteiger partial charge on any atom is 1.00 e. The third-order valence-corrected chi connectivity index (χ3v) is 0.175. The molecular formula is H2BNaO4. The molecule has 0 aromatic carbocycles. The Bertz CT molecular complexity index is 26.7. The maximum atomic E-state index is 9.19. The van der Waals surface area contributed by atoms with E-state index in [0.29, 0.717) is 0 Å². The quantitative estimate of drug-likeness (QED) is 0.173.